The van der Waals surface area contributed by atoms with E-state index in [1.807, 2.05) is 51.1 Å². The summed E-state index contributed by atoms with van der Waals surface area (Å²) in [4.78, 5) is 27.5. The molecule has 0 aliphatic rings. The van der Waals surface area contributed by atoms with Gasteiger partial charge in [0.1, 0.15) is 11.9 Å². The van der Waals surface area contributed by atoms with E-state index in [0.29, 0.717) is 37.4 Å². The number of halogens is 1. The molecule has 0 aliphatic heterocycles. The third-order valence-electron chi connectivity index (χ3n) is 4.85. The fraction of sp³-hybridized carbons (Fsp3) is 0.417. The van der Waals surface area contributed by atoms with Crippen LogP contribution in [0.25, 0.3) is 0 Å². The van der Waals surface area contributed by atoms with Crippen LogP contribution in [0.5, 0.6) is 0 Å². The molecule has 0 spiro atoms. The van der Waals surface area contributed by atoms with Crippen LogP contribution in [0.3, 0.4) is 0 Å². The van der Waals surface area contributed by atoms with E-state index in [1.54, 1.807) is 23.1 Å². The summed E-state index contributed by atoms with van der Waals surface area (Å²) in [6.07, 6.45) is 1.08. The highest BCUT2D eigenvalue weighted by Gasteiger charge is 2.28. The van der Waals surface area contributed by atoms with Crippen LogP contribution in [0.2, 0.25) is 0 Å². The summed E-state index contributed by atoms with van der Waals surface area (Å²) >= 11 is 0. The van der Waals surface area contributed by atoms with Gasteiger partial charge >= 0.3 is 0 Å². The maximum absolute atomic E-state index is 14.1. The van der Waals surface area contributed by atoms with Gasteiger partial charge < -0.3 is 10.2 Å². The van der Waals surface area contributed by atoms with Crippen LogP contribution >= 0.6 is 0 Å². The number of nitrogens with zero attached hydrogens (tertiary/aromatic N) is 1. The minimum atomic E-state index is -0.572. The van der Waals surface area contributed by atoms with Crippen molar-refractivity contribution in [1.82, 2.24) is 10.2 Å². The van der Waals surface area contributed by atoms with Gasteiger partial charge in [-0.1, -0.05) is 69.3 Å². The Balaban J connectivity index is 2.19. The zero-order valence-electron chi connectivity index (χ0n) is 17.5. The largest absolute Gasteiger partial charge is 0.354 e. The van der Waals surface area contributed by atoms with E-state index < -0.39 is 11.9 Å². The van der Waals surface area contributed by atoms with Gasteiger partial charge in [0.2, 0.25) is 11.8 Å². The predicted molar refractivity (Wildman–Crippen MR) is 114 cm³/mol. The van der Waals surface area contributed by atoms with Gasteiger partial charge in [0.05, 0.1) is 6.42 Å². The van der Waals surface area contributed by atoms with E-state index in [-0.39, 0.29) is 18.2 Å². The van der Waals surface area contributed by atoms with Crippen molar-refractivity contribution >= 4 is 11.8 Å². The van der Waals surface area contributed by atoms with Crippen LogP contribution in [-0.4, -0.2) is 35.8 Å². The van der Waals surface area contributed by atoms with Crippen molar-refractivity contribution in [2.45, 2.75) is 46.1 Å². The van der Waals surface area contributed by atoms with Gasteiger partial charge in [-0.15, -0.1) is 0 Å². The van der Waals surface area contributed by atoms with Crippen molar-refractivity contribution in [3.8, 4) is 0 Å². The number of hydrogen-bond donors (Lipinski definition) is 1. The minimum absolute atomic E-state index is 0.0601. The molecule has 156 valence electrons. The molecule has 0 saturated carbocycles. The van der Waals surface area contributed by atoms with Gasteiger partial charge in [-0.2, -0.15) is 0 Å². The van der Waals surface area contributed by atoms with E-state index in [9.17, 15) is 14.0 Å². The summed E-state index contributed by atoms with van der Waals surface area (Å²) < 4.78 is 14.1. The van der Waals surface area contributed by atoms with Crippen molar-refractivity contribution in [2.75, 3.05) is 13.1 Å². The van der Waals surface area contributed by atoms with Crippen LogP contribution < -0.4 is 5.32 Å². The molecular weight excluding hydrogens is 367 g/mol. The van der Waals surface area contributed by atoms with Crippen molar-refractivity contribution in [3.63, 3.8) is 0 Å². The van der Waals surface area contributed by atoms with Crippen LogP contribution in [0, 0.1) is 11.7 Å². The van der Waals surface area contributed by atoms with Crippen molar-refractivity contribution in [1.29, 1.82) is 0 Å². The van der Waals surface area contributed by atoms with Crippen LogP contribution in [-0.2, 0) is 22.4 Å². The molecule has 0 heterocycles. The summed E-state index contributed by atoms with van der Waals surface area (Å²) in [6, 6.07) is 15.6. The number of carbonyl (C=O) groups is 2. The second kappa shape index (κ2) is 11.3. The Kier molecular flexibility index (Phi) is 8.84. The molecule has 2 aromatic carbocycles. The molecular formula is C24H31FN2O2. The molecule has 5 heteroatoms. The Morgan fingerprint density at radius 1 is 1.03 bits per heavy atom. The van der Waals surface area contributed by atoms with Crippen LogP contribution in [0.1, 0.15) is 38.3 Å². The molecule has 0 saturated heterocycles. The van der Waals surface area contributed by atoms with Crippen LogP contribution in [0.4, 0.5) is 4.39 Å². The smallest absolute Gasteiger partial charge is 0.242 e. The first-order valence-electron chi connectivity index (χ1n) is 10.3. The molecule has 29 heavy (non-hydrogen) atoms. The highest BCUT2D eigenvalue weighted by molar-refractivity contribution is 5.88. The number of rotatable bonds is 10. The first-order chi connectivity index (χ1) is 13.9. The molecule has 2 aromatic rings. The molecule has 1 atom stereocenters. The Hall–Kier alpha value is -2.69. The topological polar surface area (TPSA) is 49.4 Å². The number of nitrogens with one attached hydrogen (secondary N) is 1. The molecule has 2 amide bonds. The average molecular weight is 399 g/mol. The second-order valence-electron chi connectivity index (χ2n) is 7.65. The van der Waals surface area contributed by atoms with E-state index in [4.69, 9.17) is 0 Å². The normalized spacial score (nSPS) is 11.9. The molecule has 0 bridgehead atoms. The van der Waals surface area contributed by atoms with Gasteiger partial charge in [-0.05, 0) is 36.0 Å². The minimum Gasteiger partial charge on any atom is -0.354 e. The maximum atomic E-state index is 14.1. The zero-order chi connectivity index (χ0) is 21.2. The molecule has 1 N–H and O–H groups in total. The van der Waals surface area contributed by atoms with Crippen molar-refractivity contribution < 1.29 is 14.0 Å². The lowest BCUT2D eigenvalue weighted by atomic mass is 10.1. The molecule has 4 nitrogen and oxygen atoms in total. The van der Waals surface area contributed by atoms with Gasteiger partial charge in [0.25, 0.3) is 0 Å². The highest BCUT2D eigenvalue weighted by atomic mass is 19.1. The molecule has 1 unspecified atom stereocenters. The first kappa shape index (κ1) is 22.6. The summed E-state index contributed by atoms with van der Waals surface area (Å²) in [5.41, 5.74) is 1.44. The summed E-state index contributed by atoms with van der Waals surface area (Å²) in [6.45, 7) is 6.91. The van der Waals surface area contributed by atoms with Crippen molar-refractivity contribution in [3.05, 3.63) is 71.5 Å². The number of hydrogen-bond acceptors (Lipinski definition) is 2. The molecule has 0 fully saturated rings. The van der Waals surface area contributed by atoms with E-state index >= 15 is 0 Å². The number of benzene rings is 2. The Labute approximate surface area is 173 Å². The summed E-state index contributed by atoms with van der Waals surface area (Å²) in [7, 11) is 0. The first-order valence-corrected chi connectivity index (χ1v) is 10.3. The quantitative estimate of drug-likeness (QED) is 0.658. The lowest BCUT2D eigenvalue weighted by Crippen LogP contribution is -2.51. The highest BCUT2D eigenvalue weighted by Crippen LogP contribution is 2.14. The fourth-order valence-electron chi connectivity index (χ4n) is 3.22. The lowest BCUT2D eigenvalue weighted by Gasteiger charge is -2.31. The Morgan fingerprint density at radius 2 is 1.69 bits per heavy atom. The third-order valence-corrected chi connectivity index (χ3v) is 4.85. The maximum Gasteiger partial charge on any atom is 0.242 e. The van der Waals surface area contributed by atoms with Crippen LogP contribution in [0.15, 0.2) is 54.6 Å². The standard InChI is InChI=1S/C24H31FN2O2/c1-4-22(24(29)26-17-18(2)3)27(15-14-19-10-6-5-7-11-19)23(28)16-20-12-8-9-13-21(20)25/h5-13,18,22H,4,14-17H2,1-3H3,(H,26,29). The second-order valence-corrected chi connectivity index (χ2v) is 7.65. The van der Waals surface area contributed by atoms with Gasteiger partial charge in [-0.3, -0.25) is 9.59 Å². The van der Waals surface area contributed by atoms with Gasteiger partial charge in [0.15, 0.2) is 0 Å². The monoisotopic (exact) mass is 398 g/mol. The molecule has 2 rings (SSSR count). The lowest BCUT2D eigenvalue weighted by molar-refractivity contribution is -0.140. The molecule has 0 aromatic heterocycles. The predicted octanol–water partition coefficient (Wildman–Crippen LogP) is 3.99. The third kappa shape index (κ3) is 7.00. The van der Waals surface area contributed by atoms with E-state index in [0.717, 1.165) is 5.56 Å². The van der Waals surface area contributed by atoms with E-state index in [1.165, 1.54) is 6.07 Å². The summed E-state index contributed by atoms with van der Waals surface area (Å²) in [5.74, 6) is -0.474. The van der Waals surface area contributed by atoms with Crippen molar-refractivity contribution in [2.24, 2.45) is 5.92 Å². The fourth-order valence-corrected chi connectivity index (χ4v) is 3.22. The SMILES string of the molecule is CCC(C(=O)NCC(C)C)N(CCc1ccccc1)C(=O)Cc1ccccc1F. The van der Waals surface area contributed by atoms with Gasteiger partial charge in [-0.25, -0.2) is 4.39 Å². The summed E-state index contributed by atoms with van der Waals surface area (Å²) in [5, 5.41) is 2.93. The Morgan fingerprint density at radius 3 is 2.31 bits per heavy atom. The number of carbonyl (C=O) groups excluding carboxylic acids is 2. The molecule has 0 aliphatic carbocycles. The Bertz CT molecular complexity index is 792. The van der Waals surface area contributed by atoms with E-state index in [2.05, 4.69) is 5.32 Å². The average Bonchev–Trinajstić information content (AvgIpc) is 2.71. The number of amides is 2. The molecule has 0 radical (unpaired) electrons. The zero-order valence-corrected chi connectivity index (χ0v) is 17.5. The van der Waals surface area contributed by atoms with Gasteiger partial charge in [0, 0.05) is 13.1 Å².